The number of aryl methyl sites for hydroxylation is 1. The lowest BCUT2D eigenvalue weighted by molar-refractivity contribution is 0.470. The van der Waals surface area contributed by atoms with Crippen molar-refractivity contribution in [3.8, 4) is 5.75 Å². The largest absolute Gasteiger partial charge is 0.508 e. The second-order valence-corrected chi connectivity index (χ2v) is 4.49. The third kappa shape index (κ3) is 2.48. The van der Waals surface area contributed by atoms with Crippen molar-refractivity contribution in [3.05, 3.63) is 29.3 Å². The Morgan fingerprint density at radius 2 is 1.77 bits per heavy atom. The fraction of sp³-hybridized carbons (Fsp3) is 0.500. The van der Waals surface area contributed by atoms with Gasteiger partial charge in [0.2, 0.25) is 0 Å². The number of aromatic hydroxyl groups is 1. The molecule has 0 saturated heterocycles. The molecule has 0 atom stereocenters. The lowest BCUT2D eigenvalue weighted by Gasteiger charge is -2.20. The van der Waals surface area contributed by atoms with E-state index in [1.165, 1.54) is 11.1 Å². The predicted molar refractivity (Wildman–Crippen MR) is 56.2 cm³/mol. The van der Waals surface area contributed by atoms with Crippen LogP contribution >= 0.6 is 0 Å². The maximum Gasteiger partial charge on any atom is 0.116 e. The zero-order chi connectivity index (χ0) is 10.1. The Kier molecular flexibility index (Phi) is 2.65. The fourth-order valence-corrected chi connectivity index (χ4v) is 1.31. The van der Waals surface area contributed by atoms with E-state index >= 15 is 0 Å². The molecule has 0 bridgehead atoms. The van der Waals surface area contributed by atoms with Gasteiger partial charge in [0, 0.05) is 0 Å². The van der Waals surface area contributed by atoms with Gasteiger partial charge < -0.3 is 5.11 Å². The summed E-state index contributed by atoms with van der Waals surface area (Å²) in [7, 11) is 0. The Balaban J connectivity index is 3.16. The molecule has 0 spiro atoms. The molecule has 0 aromatic heterocycles. The van der Waals surface area contributed by atoms with Crippen LogP contribution in [0.3, 0.4) is 0 Å². The summed E-state index contributed by atoms with van der Waals surface area (Å²) in [6.07, 6.45) is 0.970. The minimum atomic E-state index is 0.114. The summed E-state index contributed by atoms with van der Waals surface area (Å²) < 4.78 is 0. The lowest BCUT2D eigenvalue weighted by atomic mass is 9.86. The van der Waals surface area contributed by atoms with E-state index in [1.54, 1.807) is 0 Å². The molecule has 1 aromatic rings. The first-order valence-electron chi connectivity index (χ1n) is 4.77. The van der Waals surface area contributed by atoms with E-state index in [-0.39, 0.29) is 5.41 Å². The Hall–Kier alpha value is -0.980. The molecule has 1 rings (SSSR count). The van der Waals surface area contributed by atoms with Gasteiger partial charge in [0.1, 0.15) is 5.75 Å². The van der Waals surface area contributed by atoms with Crippen LogP contribution in [-0.2, 0) is 11.8 Å². The van der Waals surface area contributed by atoms with Crippen LogP contribution in [0, 0.1) is 0 Å². The summed E-state index contributed by atoms with van der Waals surface area (Å²) in [6.45, 7) is 8.56. The first kappa shape index (κ1) is 10.1. The number of hydrogen-bond donors (Lipinski definition) is 1. The van der Waals surface area contributed by atoms with Crippen LogP contribution in [0.2, 0.25) is 0 Å². The van der Waals surface area contributed by atoms with E-state index < -0.39 is 0 Å². The Labute approximate surface area is 80.4 Å². The average Bonchev–Trinajstić information content (AvgIpc) is 2.01. The molecule has 0 aliphatic heterocycles. The van der Waals surface area contributed by atoms with Crippen molar-refractivity contribution in [2.45, 2.75) is 39.5 Å². The van der Waals surface area contributed by atoms with E-state index in [0.29, 0.717) is 5.75 Å². The average molecular weight is 178 g/mol. The maximum atomic E-state index is 9.49. The monoisotopic (exact) mass is 178 g/mol. The molecule has 1 aromatic carbocycles. The third-order valence-corrected chi connectivity index (χ3v) is 2.25. The number of phenolic OH excluding ortho intramolecular Hbond substituents is 1. The molecule has 0 saturated carbocycles. The van der Waals surface area contributed by atoms with Gasteiger partial charge in [-0.05, 0) is 35.1 Å². The minimum absolute atomic E-state index is 0.114. The Morgan fingerprint density at radius 3 is 2.23 bits per heavy atom. The maximum absolute atomic E-state index is 9.49. The van der Waals surface area contributed by atoms with Crippen LogP contribution in [-0.4, -0.2) is 5.11 Å². The lowest BCUT2D eigenvalue weighted by Crippen LogP contribution is -2.11. The SMILES string of the molecule is CCc1cc(O)cc(C(C)(C)C)c1. The van der Waals surface area contributed by atoms with Crippen molar-refractivity contribution in [3.63, 3.8) is 0 Å². The topological polar surface area (TPSA) is 20.2 Å². The summed E-state index contributed by atoms with van der Waals surface area (Å²) in [6, 6.07) is 5.84. The molecule has 1 nitrogen and oxygen atoms in total. The van der Waals surface area contributed by atoms with Crippen molar-refractivity contribution in [2.75, 3.05) is 0 Å². The molecule has 13 heavy (non-hydrogen) atoms. The van der Waals surface area contributed by atoms with E-state index in [9.17, 15) is 5.11 Å². The van der Waals surface area contributed by atoms with Gasteiger partial charge in [0.25, 0.3) is 0 Å². The van der Waals surface area contributed by atoms with Crippen LogP contribution in [0.15, 0.2) is 18.2 Å². The highest BCUT2D eigenvalue weighted by molar-refractivity contribution is 5.36. The van der Waals surface area contributed by atoms with Crippen molar-refractivity contribution in [2.24, 2.45) is 0 Å². The summed E-state index contributed by atoms with van der Waals surface area (Å²) in [5, 5.41) is 9.49. The smallest absolute Gasteiger partial charge is 0.116 e. The highest BCUT2D eigenvalue weighted by Crippen LogP contribution is 2.27. The molecule has 0 unspecified atom stereocenters. The second kappa shape index (κ2) is 3.41. The van der Waals surface area contributed by atoms with Crippen molar-refractivity contribution in [1.82, 2.24) is 0 Å². The number of phenols is 1. The fourth-order valence-electron chi connectivity index (χ4n) is 1.31. The quantitative estimate of drug-likeness (QED) is 0.700. The molecule has 0 aliphatic carbocycles. The summed E-state index contributed by atoms with van der Waals surface area (Å²) in [5.74, 6) is 0.379. The highest BCUT2D eigenvalue weighted by Gasteiger charge is 2.14. The van der Waals surface area contributed by atoms with Crippen molar-refractivity contribution in [1.29, 1.82) is 0 Å². The molecule has 0 aliphatic rings. The van der Waals surface area contributed by atoms with Gasteiger partial charge >= 0.3 is 0 Å². The van der Waals surface area contributed by atoms with Crippen LogP contribution in [0.1, 0.15) is 38.8 Å². The highest BCUT2D eigenvalue weighted by atomic mass is 16.3. The van der Waals surface area contributed by atoms with Gasteiger partial charge in [0.15, 0.2) is 0 Å². The number of benzene rings is 1. The summed E-state index contributed by atoms with van der Waals surface area (Å²) >= 11 is 0. The number of hydrogen-bond acceptors (Lipinski definition) is 1. The summed E-state index contributed by atoms with van der Waals surface area (Å²) in [4.78, 5) is 0. The zero-order valence-electron chi connectivity index (χ0n) is 8.89. The molecular formula is C12H18O. The Bertz CT molecular complexity index is 294. The first-order valence-corrected chi connectivity index (χ1v) is 4.77. The minimum Gasteiger partial charge on any atom is -0.508 e. The van der Waals surface area contributed by atoms with Gasteiger partial charge in [-0.1, -0.05) is 33.8 Å². The Morgan fingerprint density at radius 1 is 1.15 bits per heavy atom. The normalized spacial score (nSPS) is 11.7. The van der Waals surface area contributed by atoms with E-state index in [2.05, 4.69) is 33.8 Å². The van der Waals surface area contributed by atoms with Gasteiger partial charge in [-0.2, -0.15) is 0 Å². The molecule has 0 radical (unpaired) electrons. The molecule has 0 fully saturated rings. The zero-order valence-corrected chi connectivity index (χ0v) is 8.89. The van der Waals surface area contributed by atoms with Crippen LogP contribution in [0.25, 0.3) is 0 Å². The van der Waals surface area contributed by atoms with Crippen LogP contribution in [0.4, 0.5) is 0 Å². The van der Waals surface area contributed by atoms with Crippen LogP contribution < -0.4 is 0 Å². The second-order valence-electron chi connectivity index (χ2n) is 4.49. The third-order valence-electron chi connectivity index (χ3n) is 2.25. The van der Waals surface area contributed by atoms with E-state index in [1.807, 2.05) is 12.1 Å². The first-order chi connectivity index (χ1) is 5.93. The molecular weight excluding hydrogens is 160 g/mol. The number of rotatable bonds is 1. The van der Waals surface area contributed by atoms with Gasteiger partial charge in [-0.15, -0.1) is 0 Å². The molecule has 1 heteroatoms. The standard InChI is InChI=1S/C12H18O/c1-5-9-6-10(12(2,3)4)8-11(13)7-9/h6-8,13H,5H2,1-4H3. The summed E-state index contributed by atoms with van der Waals surface area (Å²) in [5.41, 5.74) is 2.51. The van der Waals surface area contributed by atoms with Crippen molar-refractivity contribution >= 4 is 0 Å². The van der Waals surface area contributed by atoms with E-state index in [0.717, 1.165) is 6.42 Å². The molecule has 0 amide bonds. The van der Waals surface area contributed by atoms with Gasteiger partial charge in [-0.25, -0.2) is 0 Å². The van der Waals surface area contributed by atoms with E-state index in [4.69, 9.17) is 0 Å². The van der Waals surface area contributed by atoms with Gasteiger partial charge in [0.05, 0.1) is 0 Å². The molecule has 1 N–H and O–H groups in total. The molecule has 0 heterocycles. The van der Waals surface area contributed by atoms with Gasteiger partial charge in [-0.3, -0.25) is 0 Å². The predicted octanol–water partition coefficient (Wildman–Crippen LogP) is 3.25. The van der Waals surface area contributed by atoms with Crippen LogP contribution in [0.5, 0.6) is 5.75 Å². The van der Waals surface area contributed by atoms with Crippen molar-refractivity contribution < 1.29 is 5.11 Å². The molecule has 72 valence electrons.